The van der Waals surface area contributed by atoms with Crippen molar-refractivity contribution in [1.82, 2.24) is 14.8 Å². The first-order chi connectivity index (χ1) is 9.78. The summed E-state index contributed by atoms with van der Waals surface area (Å²) in [5.41, 5.74) is 1.32. The third-order valence-corrected chi connectivity index (χ3v) is 4.98. The lowest BCUT2D eigenvalue weighted by Crippen LogP contribution is -2.03. The summed E-state index contributed by atoms with van der Waals surface area (Å²) >= 11 is 5.25. The summed E-state index contributed by atoms with van der Waals surface area (Å²) in [4.78, 5) is 0. The minimum atomic E-state index is 0.663. The summed E-state index contributed by atoms with van der Waals surface area (Å²) in [5, 5.41) is 9.87. The lowest BCUT2D eigenvalue weighted by molar-refractivity contribution is 0.592. The average molecular weight is 352 g/mol. The van der Waals surface area contributed by atoms with E-state index in [1.54, 1.807) is 11.8 Å². The van der Waals surface area contributed by atoms with E-state index in [9.17, 15) is 0 Å². The van der Waals surface area contributed by atoms with E-state index in [0.717, 1.165) is 28.3 Å². The average Bonchev–Trinajstić information content (AvgIpc) is 3.22. The highest BCUT2D eigenvalue weighted by molar-refractivity contribution is 9.10. The van der Waals surface area contributed by atoms with Crippen LogP contribution >= 0.6 is 27.7 Å². The summed E-state index contributed by atoms with van der Waals surface area (Å²) in [6.07, 6.45) is 3.68. The Hall–Kier alpha value is -0.810. The molecule has 0 unspecified atom stereocenters. The molecule has 1 aromatic carbocycles. The minimum Gasteiger partial charge on any atom is -0.306 e. The van der Waals surface area contributed by atoms with Crippen LogP contribution in [0.15, 0.2) is 33.9 Å². The molecule has 0 radical (unpaired) electrons. The maximum absolute atomic E-state index is 4.41. The smallest absolute Gasteiger partial charge is 0.191 e. The van der Waals surface area contributed by atoms with Crippen molar-refractivity contribution >= 4 is 27.7 Å². The third-order valence-electron chi connectivity index (χ3n) is 3.42. The van der Waals surface area contributed by atoms with Crippen LogP contribution in [0.2, 0.25) is 0 Å². The Morgan fingerprint density at radius 1 is 1.25 bits per heavy atom. The first kappa shape index (κ1) is 14.1. The summed E-state index contributed by atoms with van der Waals surface area (Å²) in [7, 11) is 0. The summed E-state index contributed by atoms with van der Waals surface area (Å²) in [6, 6.07) is 8.48. The van der Waals surface area contributed by atoms with Gasteiger partial charge in [0.2, 0.25) is 0 Å². The van der Waals surface area contributed by atoms with Gasteiger partial charge >= 0.3 is 0 Å². The van der Waals surface area contributed by atoms with Gasteiger partial charge < -0.3 is 4.57 Å². The van der Waals surface area contributed by atoms with Gasteiger partial charge in [-0.2, -0.15) is 0 Å². The Labute approximate surface area is 132 Å². The van der Waals surface area contributed by atoms with Crippen molar-refractivity contribution in [3.05, 3.63) is 40.1 Å². The lowest BCUT2D eigenvalue weighted by atomic mass is 10.2. The first-order valence-corrected chi connectivity index (χ1v) is 8.86. The van der Waals surface area contributed by atoms with Crippen LogP contribution in [0.4, 0.5) is 0 Å². The molecule has 0 bridgehead atoms. The topological polar surface area (TPSA) is 30.7 Å². The maximum Gasteiger partial charge on any atom is 0.191 e. The molecule has 5 heteroatoms. The Morgan fingerprint density at radius 3 is 2.65 bits per heavy atom. The molecule has 1 heterocycles. The predicted octanol–water partition coefficient (Wildman–Crippen LogP) is 4.62. The van der Waals surface area contributed by atoms with Crippen LogP contribution in [0.25, 0.3) is 0 Å². The standard InChI is InChI=1S/C15H18BrN3S/c1-2-9-19-14(12-5-6-12)17-18-15(19)20-10-11-3-7-13(16)8-4-11/h3-4,7-8,12H,2,5-6,9-10H2,1H3. The Balaban J connectivity index is 1.71. The molecule has 1 aliphatic rings. The van der Waals surface area contributed by atoms with Gasteiger partial charge in [-0.15, -0.1) is 10.2 Å². The van der Waals surface area contributed by atoms with E-state index in [0.29, 0.717) is 5.92 Å². The molecule has 1 saturated carbocycles. The van der Waals surface area contributed by atoms with E-state index in [1.165, 1.54) is 24.2 Å². The van der Waals surface area contributed by atoms with E-state index >= 15 is 0 Å². The minimum absolute atomic E-state index is 0.663. The molecule has 0 spiro atoms. The maximum atomic E-state index is 4.41. The van der Waals surface area contributed by atoms with Gasteiger partial charge in [0, 0.05) is 22.7 Å². The molecular formula is C15H18BrN3S. The SMILES string of the molecule is CCCn1c(SCc2ccc(Br)cc2)nnc1C1CC1. The van der Waals surface area contributed by atoms with Crippen molar-refractivity contribution in [2.75, 3.05) is 0 Å². The zero-order valence-corrected chi connectivity index (χ0v) is 14.0. The monoisotopic (exact) mass is 351 g/mol. The van der Waals surface area contributed by atoms with E-state index in [-0.39, 0.29) is 0 Å². The van der Waals surface area contributed by atoms with E-state index in [1.807, 2.05) is 0 Å². The van der Waals surface area contributed by atoms with Crippen LogP contribution in [-0.4, -0.2) is 14.8 Å². The number of benzene rings is 1. The molecule has 0 saturated heterocycles. The van der Waals surface area contributed by atoms with Gasteiger partial charge in [-0.25, -0.2) is 0 Å². The summed E-state index contributed by atoms with van der Waals surface area (Å²) in [5.74, 6) is 2.81. The van der Waals surface area contributed by atoms with Gasteiger partial charge in [0.25, 0.3) is 0 Å². The molecule has 1 aromatic heterocycles. The van der Waals surface area contributed by atoms with E-state index in [4.69, 9.17) is 0 Å². The fourth-order valence-electron chi connectivity index (χ4n) is 2.21. The predicted molar refractivity (Wildman–Crippen MR) is 86.0 cm³/mol. The number of hydrogen-bond donors (Lipinski definition) is 0. The van der Waals surface area contributed by atoms with Crippen LogP contribution < -0.4 is 0 Å². The highest BCUT2D eigenvalue weighted by Gasteiger charge is 2.30. The molecule has 106 valence electrons. The quantitative estimate of drug-likeness (QED) is 0.711. The molecule has 0 N–H and O–H groups in total. The van der Waals surface area contributed by atoms with Crippen LogP contribution in [-0.2, 0) is 12.3 Å². The van der Waals surface area contributed by atoms with Crippen molar-refractivity contribution in [2.45, 2.75) is 49.6 Å². The molecule has 0 amide bonds. The number of rotatable bonds is 6. The molecule has 3 nitrogen and oxygen atoms in total. The third kappa shape index (κ3) is 3.26. The van der Waals surface area contributed by atoms with Gasteiger partial charge in [-0.1, -0.05) is 46.7 Å². The van der Waals surface area contributed by atoms with Crippen molar-refractivity contribution in [3.63, 3.8) is 0 Å². The Kier molecular flexibility index (Phi) is 4.46. The molecule has 20 heavy (non-hydrogen) atoms. The molecule has 0 aliphatic heterocycles. The van der Waals surface area contributed by atoms with Gasteiger partial charge in [0.15, 0.2) is 5.16 Å². The van der Waals surface area contributed by atoms with Crippen molar-refractivity contribution in [1.29, 1.82) is 0 Å². The fraction of sp³-hybridized carbons (Fsp3) is 0.467. The second kappa shape index (κ2) is 6.31. The molecule has 3 rings (SSSR count). The molecular weight excluding hydrogens is 334 g/mol. The largest absolute Gasteiger partial charge is 0.306 e. The van der Waals surface area contributed by atoms with E-state index in [2.05, 4.69) is 61.9 Å². The number of nitrogens with zero attached hydrogens (tertiary/aromatic N) is 3. The zero-order chi connectivity index (χ0) is 13.9. The van der Waals surface area contributed by atoms with Gasteiger partial charge in [-0.3, -0.25) is 0 Å². The summed E-state index contributed by atoms with van der Waals surface area (Å²) in [6.45, 7) is 3.24. The molecule has 1 fully saturated rings. The summed E-state index contributed by atoms with van der Waals surface area (Å²) < 4.78 is 3.44. The van der Waals surface area contributed by atoms with Crippen LogP contribution in [0, 0.1) is 0 Å². The highest BCUT2D eigenvalue weighted by atomic mass is 79.9. The number of thioether (sulfide) groups is 1. The normalized spacial score (nSPS) is 14.7. The van der Waals surface area contributed by atoms with Crippen molar-refractivity contribution in [3.8, 4) is 0 Å². The molecule has 1 aliphatic carbocycles. The van der Waals surface area contributed by atoms with Crippen molar-refractivity contribution < 1.29 is 0 Å². The van der Waals surface area contributed by atoms with Gasteiger partial charge in [0.1, 0.15) is 5.82 Å². The fourth-order valence-corrected chi connectivity index (χ4v) is 3.40. The number of aromatic nitrogens is 3. The second-order valence-electron chi connectivity index (χ2n) is 5.18. The van der Waals surface area contributed by atoms with Crippen LogP contribution in [0.3, 0.4) is 0 Å². The Bertz CT molecular complexity index is 575. The second-order valence-corrected chi connectivity index (χ2v) is 7.04. The Morgan fingerprint density at radius 2 is 2.00 bits per heavy atom. The molecule has 2 aromatic rings. The van der Waals surface area contributed by atoms with Crippen LogP contribution in [0.5, 0.6) is 0 Å². The van der Waals surface area contributed by atoms with Crippen LogP contribution in [0.1, 0.15) is 43.5 Å². The number of halogens is 1. The highest BCUT2D eigenvalue weighted by Crippen LogP contribution is 2.40. The zero-order valence-electron chi connectivity index (χ0n) is 11.6. The first-order valence-electron chi connectivity index (χ1n) is 7.08. The number of hydrogen-bond acceptors (Lipinski definition) is 3. The molecule has 0 atom stereocenters. The van der Waals surface area contributed by atoms with E-state index < -0.39 is 0 Å². The van der Waals surface area contributed by atoms with Gasteiger partial charge in [0.05, 0.1) is 0 Å². The van der Waals surface area contributed by atoms with Gasteiger partial charge in [-0.05, 0) is 37.0 Å². The lowest BCUT2D eigenvalue weighted by Gasteiger charge is -2.08. The van der Waals surface area contributed by atoms with Crippen molar-refractivity contribution in [2.24, 2.45) is 0 Å².